The van der Waals surface area contributed by atoms with Crippen LogP contribution >= 0.6 is 38.5 Å². The van der Waals surface area contributed by atoms with Crippen LogP contribution in [0.25, 0.3) is 0 Å². The van der Waals surface area contributed by atoms with Crippen LogP contribution in [0.4, 0.5) is 0 Å². The summed E-state index contributed by atoms with van der Waals surface area (Å²) >= 11 is 5.53. The third kappa shape index (κ3) is 4.01. The summed E-state index contributed by atoms with van der Waals surface area (Å²) in [6.45, 7) is 0.260. The Morgan fingerprint density at radius 1 is 1.05 bits per heavy atom. The van der Waals surface area contributed by atoms with Crippen molar-refractivity contribution in [3.63, 3.8) is 0 Å². The molecule has 0 saturated carbocycles. The summed E-state index contributed by atoms with van der Waals surface area (Å²) in [5.74, 6) is 0. The normalized spacial score (nSPS) is 11.5. The Labute approximate surface area is 134 Å². The summed E-state index contributed by atoms with van der Waals surface area (Å²) in [5, 5.41) is 0. The molecule has 6 heteroatoms. The van der Waals surface area contributed by atoms with Gasteiger partial charge in [-0.15, -0.1) is 0 Å². The van der Waals surface area contributed by atoms with Crippen LogP contribution in [0.3, 0.4) is 0 Å². The quantitative estimate of drug-likeness (QED) is 0.722. The molecule has 0 aliphatic rings. The second-order valence-electron chi connectivity index (χ2n) is 3.87. The average molecular weight is 452 g/mol. The molecular weight excluding hydrogens is 441 g/mol. The lowest BCUT2D eigenvalue weighted by molar-refractivity contribution is 0.581. The van der Waals surface area contributed by atoms with Gasteiger partial charge in [0.2, 0.25) is 10.0 Å². The second kappa shape index (κ2) is 6.34. The van der Waals surface area contributed by atoms with Crippen molar-refractivity contribution in [2.24, 2.45) is 0 Å². The fourth-order valence-electron chi connectivity index (χ4n) is 1.51. The number of halogens is 2. The molecule has 2 rings (SSSR count). The minimum absolute atomic E-state index is 0.260. The maximum atomic E-state index is 12.1. The van der Waals surface area contributed by atoms with Crippen LogP contribution in [-0.4, -0.2) is 8.42 Å². The number of nitrogens with one attached hydrogen (secondary N) is 1. The lowest BCUT2D eigenvalue weighted by Crippen LogP contribution is -2.23. The second-order valence-corrected chi connectivity index (χ2v) is 7.74. The standard InChI is InChI=1S/C13H11BrINO2S/c14-13-4-2-1-3-10(13)9-16-19(17,18)12-7-5-11(15)6-8-12/h1-8,16H,9H2. The molecule has 0 unspecified atom stereocenters. The van der Waals surface area contributed by atoms with E-state index in [0.717, 1.165) is 13.6 Å². The zero-order valence-corrected chi connectivity index (χ0v) is 14.4. The number of hydrogen-bond acceptors (Lipinski definition) is 2. The molecule has 2 aromatic rings. The molecule has 2 aromatic carbocycles. The summed E-state index contributed by atoms with van der Waals surface area (Å²) in [6.07, 6.45) is 0. The molecule has 0 aromatic heterocycles. The third-order valence-corrected chi connectivity index (χ3v) is 5.44. The highest BCUT2D eigenvalue weighted by molar-refractivity contribution is 14.1. The highest BCUT2D eigenvalue weighted by atomic mass is 127. The van der Waals surface area contributed by atoms with E-state index in [-0.39, 0.29) is 11.4 Å². The van der Waals surface area contributed by atoms with Crippen LogP contribution in [0.15, 0.2) is 57.9 Å². The van der Waals surface area contributed by atoms with Crippen molar-refractivity contribution < 1.29 is 8.42 Å². The molecule has 0 aliphatic heterocycles. The van der Waals surface area contributed by atoms with Gasteiger partial charge < -0.3 is 0 Å². The maximum absolute atomic E-state index is 12.1. The Morgan fingerprint density at radius 2 is 1.68 bits per heavy atom. The van der Waals surface area contributed by atoms with E-state index in [0.29, 0.717) is 0 Å². The van der Waals surface area contributed by atoms with E-state index in [2.05, 4.69) is 43.2 Å². The van der Waals surface area contributed by atoms with Crippen LogP contribution in [0.2, 0.25) is 0 Å². The van der Waals surface area contributed by atoms with Gasteiger partial charge in [-0.3, -0.25) is 0 Å². The van der Waals surface area contributed by atoms with Crippen molar-refractivity contribution in [2.75, 3.05) is 0 Å². The van der Waals surface area contributed by atoms with Crippen LogP contribution in [-0.2, 0) is 16.6 Å². The molecule has 0 fully saturated rings. The molecule has 1 N–H and O–H groups in total. The van der Waals surface area contributed by atoms with Crippen molar-refractivity contribution in [2.45, 2.75) is 11.4 Å². The van der Waals surface area contributed by atoms with Gasteiger partial charge >= 0.3 is 0 Å². The molecule has 0 radical (unpaired) electrons. The smallest absolute Gasteiger partial charge is 0.207 e. The topological polar surface area (TPSA) is 46.2 Å². The summed E-state index contributed by atoms with van der Waals surface area (Å²) in [4.78, 5) is 0.278. The third-order valence-electron chi connectivity index (χ3n) is 2.53. The van der Waals surface area contributed by atoms with Crippen molar-refractivity contribution in [3.05, 3.63) is 62.1 Å². The van der Waals surface area contributed by atoms with Crippen molar-refractivity contribution in [3.8, 4) is 0 Å². The number of rotatable bonds is 4. The highest BCUT2D eigenvalue weighted by Gasteiger charge is 2.13. The molecule has 0 heterocycles. The summed E-state index contributed by atoms with van der Waals surface area (Å²) in [7, 11) is -3.47. The fraction of sp³-hybridized carbons (Fsp3) is 0.0769. The minimum atomic E-state index is -3.47. The van der Waals surface area contributed by atoms with Crippen molar-refractivity contribution in [1.29, 1.82) is 0 Å². The Hall–Kier alpha value is -0.440. The molecule has 0 aliphatic carbocycles. The van der Waals surface area contributed by atoms with Crippen molar-refractivity contribution in [1.82, 2.24) is 4.72 Å². The zero-order chi connectivity index (χ0) is 13.9. The van der Waals surface area contributed by atoms with Gasteiger partial charge in [0, 0.05) is 14.6 Å². The van der Waals surface area contributed by atoms with Gasteiger partial charge in [-0.1, -0.05) is 34.1 Å². The van der Waals surface area contributed by atoms with E-state index in [9.17, 15) is 8.42 Å². The highest BCUT2D eigenvalue weighted by Crippen LogP contribution is 2.17. The molecular formula is C13H11BrINO2S. The number of sulfonamides is 1. The Kier molecular flexibility index (Phi) is 4.99. The van der Waals surface area contributed by atoms with Crippen LogP contribution in [0, 0.1) is 3.57 Å². The lowest BCUT2D eigenvalue weighted by atomic mass is 10.2. The van der Waals surface area contributed by atoms with Gasteiger partial charge in [0.25, 0.3) is 0 Å². The van der Waals surface area contributed by atoms with Crippen LogP contribution in [0.1, 0.15) is 5.56 Å². The predicted molar refractivity (Wildman–Crippen MR) is 87.3 cm³/mol. The Morgan fingerprint density at radius 3 is 2.32 bits per heavy atom. The maximum Gasteiger partial charge on any atom is 0.240 e. The van der Waals surface area contributed by atoms with E-state index in [1.807, 2.05) is 24.3 Å². The molecule has 19 heavy (non-hydrogen) atoms. The van der Waals surface area contributed by atoms with Crippen LogP contribution < -0.4 is 4.72 Å². The van der Waals surface area contributed by atoms with Gasteiger partial charge in [-0.25, -0.2) is 13.1 Å². The van der Waals surface area contributed by atoms with Crippen LogP contribution in [0.5, 0.6) is 0 Å². The van der Waals surface area contributed by atoms with Gasteiger partial charge in [-0.05, 0) is 58.5 Å². The SMILES string of the molecule is O=S(=O)(NCc1ccccc1Br)c1ccc(I)cc1. The summed E-state index contributed by atoms with van der Waals surface area (Å²) < 4.78 is 28.7. The predicted octanol–water partition coefficient (Wildman–Crippen LogP) is 3.53. The summed E-state index contributed by atoms with van der Waals surface area (Å²) in [5.41, 5.74) is 0.900. The zero-order valence-electron chi connectivity index (χ0n) is 9.81. The van der Waals surface area contributed by atoms with E-state index in [1.165, 1.54) is 0 Å². The first-order chi connectivity index (χ1) is 8.99. The van der Waals surface area contributed by atoms with E-state index >= 15 is 0 Å². The molecule has 0 saturated heterocycles. The van der Waals surface area contributed by atoms with E-state index in [4.69, 9.17) is 0 Å². The van der Waals surface area contributed by atoms with Gasteiger partial charge in [0.1, 0.15) is 0 Å². The van der Waals surface area contributed by atoms with Gasteiger partial charge in [0.05, 0.1) is 4.90 Å². The molecule has 100 valence electrons. The first kappa shape index (κ1) is 15.0. The van der Waals surface area contributed by atoms with Crippen molar-refractivity contribution >= 4 is 48.5 Å². The minimum Gasteiger partial charge on any atom is -0.207 e. The Balaban J connectivity index is 2.14. The van der Waals surface area contributed by atoms with E-state index in [1.54, 1.807) is 24.3 Å². The molecule has 3 nitrogen and oxygen atoms in total. The molecule has 0 spiro atoms. The molecule has 0 bridgehead atoms. The van der Waals surface area contributed by atoms with Gasteiger partial charge in [-0.2, -0.15) is 0 Å². The monoisotopic (exact) mass is 451 g/mol. The largest absolute Gasteiger partial charge is 0.240 e. The van der Waals surface area contributed by atoms with E-state index < -0.39 is 10.0 Å². The summed E-state index contributed by atoms with van der Waals surface area (Å²) in [6, 6.07) is 14.3. The molecule has 0 atom stereocenters. The number of hydrogen-bond donors (Lipinski definition) is 1. The molecule has 0 amide bonds. The lowest BCUT2D eigenvalue weighted by Gasteiger charge is -2.08. The first-order valence-corrected chi connectivity index (χ1v) is 8.83. The number of benzene rings is 2. The Bertz CT molecular complexity index is 671. The average Bonchev–Trinajstić information content (AvgIpc) is 2.38. The first-order valence-electron chi connectivity index (χ1n) is 5.48. The van der Waals surface area contributed by atoms with Gasteiger partial charge in [0.15, 0.2) is 0 Å². The fourth-order valence-corrected chi connectivity index (χ4v) is 3.30.